The van der Waals surface area contributed by atoms with Gasteiger partial charge in [0.25, 0.3) is 0 Å². The molecule has 0 saturated carbocycles. The largest absolute Gasteiger partial charge is 0.497 e. The molecule has 4 aromatic rings. The predicted molar refractivity (Wildman–Crippen MR) is 124 cm³/mol. The summed E-state index contributed by atoms with van der Waals surface area (Å²) in [5.41, 5.74) is 4.51. The molecule has 0 amide bonds. The summed E-state index contributed by atoms with van der Waals surface area (Å²) in [5.74, 6) is 2.44. The van der Waals surface area contributed by atoms with Crippen LogP contribution in [0.25, 0.3) is 11.0 Å². The second kappa shape index (κ2) is 9.88. The van der Waals surface area contributed by atoms with Crippen LogP contribution in [0.4, 0.5) is 0 Å². The average molecular weight is 441 g/mol. The minimum atomic E-state index is 0.371. The van der Waals surface area contributed by atoms with Gasteiger partial charge in [-0.2, -0.15) is 5.26 Å². The molecule has 0 radical (unpaired) electrons. The molecule has 7 nitrogen and oxygen atoms in total. The minimum absolute atomic E-state index is 0.371. The molecule has 0 aliphatic heterocycles. The van der Waals surface area contributed by atoms with Gasteiger partial charge in [0.05, 0.1) is 38.6 Å². The maximum absolute atomic E-state index is 9.80. The number of fused-ring (bicyclic) bond motifs is 1. The van der Waals surface area contributed by atoms with E-state index in [9.17, 15) is 5.26 Å². The van der Waals surface area contributed by atoms with Crippen molar-refractivity contribution >= 4 is 11.0 Å². The molecule has 1 heterocycles. The van der Waals surface area contributed by atoms with Crippen LogP contribution in [0.5, 0.6) is 23.1 Å². The van der Waals surface area contributed by atoms with Gasteiger partial charge in [0, 0.05) is 0 Å². The summed E-state index contributed by atoms with van der Waals surface area (Å²) < 4.78 is 21.9. The first-order valence-electron chi connectivity index (χ1n) is 10.3. The van der Waals surface area contributed by atoms with Crippen molar-refractivity contribution in [3.05, 3.63) is 83.0 Å². The summed E-state index contributed by atoms with van der Waals surface area (Å²) in [7, 11) is 4.77. The third-order valence-corrected chi connectivity index (χ3v) is 5.28. The van der Waals surface area contributed by atoms with Crippen molar-refractivity contribution < 1.29 is 18.9 Å². The SMILES string of the molecule is COc1ccc(COc2ccc(Cc3ccc4ncc(OC)nc4c3C#N)cc2OC)cc1. The molecule has 0 fully saturated rings. The first kappa shape index (κ1) is 21.9. The lowest BCUT2D eigenvalue weighted by Crippen LogP contribution is -2.00. The highest BCUT2D eigenvalue weighted by molar-refractivity contribution is 5.82. The van der Waals surface area contributed by atoms with Crippen molar-refractivity contribution in [3.8, 4) is 29.2 Å². The molecule has 1 aromatic heterocycles. The second-order valence-corrected chi connectivity index (χ2v) is 7.29. The Morgan fingerprint density at radius 1 is 0.848 bits per heavy atom. The molecular weight excluding hydrogens is 418 g/mol. The van der Waals surface area contributed by atoms with Crippen molar-refractivity contribution in [3.63, 3.8) is 0 Å². The smallest absolute Gasteiger partial charge is 0.232 e. The van der Waals surface area contributed by atoms with Crippen LogP contribution in [0.2, 0.25) is 0 Å². The highest BCUT2D eigenvalue weighted by Gasteiger charge is 2.13. The molecule has 33 heavy (non-hydrogen) atoms. The molecule has 166 valence electrons. The number of nitriles is 1. The van der Waals surface area contributed by atoms with Crippen LogP contribution < -0.4 is 18.9 Å². The van der Waals surface area contributed by atoms with Crippen LogP contribution in [0.1, 0.15) is 22.3 Å². The summed E-state index contributed by atoms with van der Waals surface area (Å²) in [6, 6.07) is 19.5. The Morgan fingerprint density at radius 2 is 1.64 bits per heavy atom. The number of rotatable bonds is 8. The Labute approximate surface area is 192 Å². The highest BCUT2D eigenvalue weighted by atomic mass is 16.5. The van der Waals surface area contributed by atoms with Gasteiger partial charge in [0.2, 0.25) is 5.88 Å². The summed E-state index contributed by atoms with van der Waals surface area (Å²) in [4.78, 5) is 8.74. The van der Waals surface area contributed by atoms with Crippen LogP contribution >= 0.6 is 0 Å². The van der Waals surface area contributed by atoms with Gasteiger partial charge in [-0.1, -0.05) is 24.3 Å². The summed E-state index contributed by atoms with van der Waals surface area (Å²) in [6.07, 6.45) is 2.07. The molecular formula is C26H23N3O4. The molecule has 0 saturated heterocycles. The molecule has 0 aliphatic carbocycles. The van der Waals surface area contributed by atoms with E-state index in [0.717, 1.165) is 22.4 Å². The molecule has 0 aliphatic rings. The average Bonchev–Trinajstić information content (AvgIpc) is 2.87. The number of aromatic nitrogens is 2. The summed E-state index contributed by atoms with van der Waals surface area (Å²) in [6.45, 7) is 0.406. The van der Waals surface area contributed by atoms with Gasteiger partial charge in [0.15, 0.2) is 11.5 Å². The van der Waals surface area contributed by atoms with Gasteiger partial charge in [-0.05, 0) is 53.4 Å². The number of ether oxygens (including phenoxy) is 4. The first-order valence-corrected chi connectivity index (χ1v) is 10.3. The fraction of sp³-hybridized carbons (Fsp3) is 0.192. The molecule has 0 N–H and O–H groups in total. The monoisotopic (exact) mass is 441 g/mol. The van der Waals surface area contributed by atoms with E-state index >= 15 is 0 Å². The molecule has 4 rings (SSSR count). The van der Waals surface area contributed by atoms with Crippen LogP contribution in [0.3, 0.4) is 0 Å². The van der Waals surface area contributed by atoms with Crippen molar-refractivity contribution in [2.45, 2.75) is 13.0 Å². The van der Waals surface area contributed by atoms with Gasteiger partial charge in [0.1, 0.15) is 23.9 Å². The maximum atomic E-state index is 9.80. The van der Waals surface area contributed by atoms with E-state index in [1.54, 1.807) is 20.4 Å². The molecule has 3 aromatic carbocycles. The van der Waals surface area contributed by atoms with Crippen LogP contribution in [0, 0.1) is 11.3 Å². The van der Waals surface area contributed by atoms with Gasteiger partial charge in [-0.25, -0.2) is 9.97 Å². The zero-order chi connectivity index (χ0) is 23.2. The number of hydrogen-bond donors (Lipinski definition) is 0. The van der Waals surface area contributed by atoms with E-state index in [1.807, 2.05) is 54.6 Å². The van der Waals surface area contributed by atoms with E-state index in [4.69, 9.17) is 18.9 Å². The van der Waals surface area contributed by atoms with Crippen LogP contribution in [-0.4, -0.2) is 31.3 Å². The number of nitrogens with zero attached hydrogens (tertiary/aromatic N) is 3. The van der Waals surface area contributed by atoms with Crippen molar-refractivity contribution in [1.29, 1.82) is 5.26 Å². The fourth-order valence-electron chi connectivity index (χ4n) is 3.52. The zero-order valence-corrected chi connectivity index (χ0v) is 18.7. The number of methoxy groups -OCH3 is 3. The maximum Gasteiger partial charge on any atom is 0.232 e. The molecule has 0 bridgehead atoms. The van der Waals surface area contributed by atoms with Crippen molar-refractivity contribution in [2.75, 3.05) is 21.3 Å². The van der Waals surface area contributed by atoms with Crippen LogP contribution in [0.15, 0.2) is 60.8 Å². The lowest BCUT2D eigenvalue weighted by molar-refractivity contribution is 0.284. The second-order valence-electron chi connectivity index (χ2n) is 7.29. The molecule has 0 unspecified atom stereocenters. The number of hydrogen-bond acceptors (Lipinski definition) is 7. The minimum Gasteiger partial charge on any atom is -0.497 e. The standard InChI is InChI=1S/C26H23N3O4/c1-30-20-8-4-17(5-9-20)16-33-23-11-6-18(13-24(23)31-2)12-19-7-10-22-26(21(19)14-27)29-25(32-3)15-28-22/h4-11,13,15H,12,16H2,1-3H3. The topological polar surface area (TPSA) is 86.5 Å². The van der Waals surface area contributed by atoms with Crippen molar-refractivity contribution in [2.24, 2.45) is 0 Å². The van der Waals surface area contributed by atoms with Crippen molar-refractivity contribution in [1.82, 2.24) is 9.97 Å². The Balaban J connectivity index is 1.56. The Kier molecular flexibility index (Phi) is 6.56. The molecule has 7 heteroatoms. The highest BCUT2D eigenvalue weighted by Crippen LogP contribution is 2.31. The van der Waals surface area contributed by atoms with Crippen LogP contribution in [-0.2, 0) is 13.0 Å². The Bertz CT molecular complexity index is 1310. The molecule has 0 atom stereocenters. The van der Waals surface area contributed by atoms with E-state index in [2.05, 4.69) is 16.0 Å². The van der Waals surface area contributed by atoms with E-state index < -0.39 is 0 Å². The normalized spacial score (nSPS) is 10.5. The lowest BCUT2D eigenvalue weighted by Gasteiger charge is -2.13. The summed E-state index contributed by atoms with van der Waals surface area (Å²) >= 11 is 0. The fourth-order valence-corrected chi connectivity index (χ4v) is 3.52. The van der Waals surface area contributed by atoms with Gasteiger partial charge in [-0.3, -0.25) is 0 Å². The Morgan fingerprint density at radius 3 is 2.33 bits per heavy atom. The lowest BCUT2D eigenvalue weighted by atomic mass is 9.98. The Hall–Kier alpha value is -4.31. The van der Waals surface area contributed by atoms with E-state index in [1.165, 1.54) is 7.11 Å². The predicted octanol–water partition coefficient (Wildman–Crippen LogP) is 4.70. The van der Waals surface area contributed by atoms with E-state index in [0.29, 0.717) is 47.0 Å². The van der Waals surface area contributed by atoms with Gasteiger partial charge < -0.3 is 18.9 Å². The zero-order valence-electron chi connectivity index (χ0n) is 18.7. The number of benzene rings is 3. The van der Waals surface area contributed by atoms with Gasteiger partial charge in [-0.15, -0.1) is 0 Å². The first-order chi connectivity index (χ1) is 16.1. The quantitative estimate of drug-likeness (QED) is 0.392. The summed E-state index contributed by atoms with van der Waals surface area (Å²) in [5, 5.41) is 9.80. The molecule has 0 spiro atoms. The third-order valence-electron chi connectivity index (χ3n) is 5.28. The third kappa shape index (κ3) is 4.80. The van der Waals surface area contributed by atoms with E-state index in [-0.39, 0.29) is 0 Å². The van der Waals surface area contributed by atoms with Gasteiger partial charge >= 0.3 is 0 Å².